The third-order valence-corrected chi connectivity index (χ3v) is 5.66. The Balaban J connectivity index is 2.62. The number of carbonyl (C=O) groups excluding carboxylic acids is 1. The molecule has 0 aromatic heterocycles. The molecular formula is C27H43NO. The second-order valence-electron chi connectivity index (χ2n) is 8.52. The van der Waals surface area contributed by atoms with Gasteiger partial charge in [-0.15, -0.1) is 0 Å². The molecule has 1 saturated heterocycles. The Kier molecular flexibility index (Phi) is 13.3. The number of piperidine rings is 1. The molecule has 0 amide bonds. The second-order valence-corrected chi connectivity index (χ2v) is 8.52. The molecule has 29 heavy (non-hydrogen) atoms. The largest absolute Gasteiger partial charge is 0.314 e. The summed E-state index contributed by atoms with van der Waals surface area (Å²) in [4.78, 5) is 12.8. The average Bonchev–Trinajstić information content (AvgIpc) is 2.71. The van der Waals surface area contributed by atoms with Crippen LogP contribution in [-0.4, -0.2) is 18.4 Å². The van der Waals surface area contributed by atoms with Gasteiger partial charge in [-0.1, -0.05) is 73.9 Å². The zero-order chi connectivity index (χ0) is 21.5. The van der Waals surface area contributed by atoms with Crippen LogP contribution in [0.4, 0.5) is 0 Å². The lowest BCUT2D eigenvalue weighted by molar-refractivity contribution is -0.123. The Morgan fingerprint density at radius 1 is 1.17 bits per heavy atom. The molecule has 2 unspecified atom stereocenters. The Morgan fingerprint density at radius 2 is 1.93 bits per heavy atom. The molecule has 0 spiro atoms. The van der Waals surface area contributed by atoms with E-state index in [0.29, 0.717) is 11.8 Å². The molecule has 1 aliphatic rings. The molecule has 1 rings (SSSR count). The molecule has 0 saturated carbocycles. The van der Waals surface area contributed by atoms with E-state index in [1.165, 1.54) is 36.0 Å². The molecule has 2 nitrogen and oxygen atoms in total. The van der Waals surface area contributed by atoms with E-state index in [9.17, 15) is 4.79 Å². The number of allylic oxidation sites excluding steroid dienone is 9. The first-order valence-corrected chi connectivity index (χ1v) is 11.5. The Labute approximate surface area is 179 Å². The molecule has 1 N–H and O–H groups in total. The van der Waals surface area contributed by atoms with Crippen LogP contribution in [0.2, 0.25) is 0 Å². The van der Waals surface area contributed by atoms with Crippen LogP contribution >= 0.6 is 0 Å². The maximum Gasteiger partial charge on any atom is 0.136 e. The topological polar surface area (TPSA) is 29.1 Å². The minimum Gasteiger partial charge on any atom is -0.314 e. The number of ketones is 1. The summed E-state index contributed by atoms with van der Waals surface area (Å²) in [6.45, 7) is 13.5. The number of rotatable bonds is 13. The normalized spacial score (nSPS) is 20.1. The van der Waals surface area contributed by atoms with Gasteiger partial charge in [0.25, 0.3) is 0 Å². The molecule has 0 radical (unpaired) electrons. The highest BCUT2D eigenvalue weighted by atomic mass is 16.1. The second kappa shape index (κ2) is 15.2. The van der Waals surface area contributed by atoms with Gasteiger partial charge in [-0.05, 0) is 71.4 Å². The maximum absolute atomic E-state index is 12.8. The lowest BCUT2D eigenvalue weighted by Gasteiger charge is -2.24. The molecular weight excluding hydrogens is 354 g/mol. The Bertz CT molecular complexity index is 614. The van der Waals surface area contributed by atoms with Crippen LogP contribution in [0.3, 0.4) is 0 Å². The van der Waals surface area contributed by atoms with E-state index in [1.807, 2.05) is 13.0 Å². The van der Waals surface area contributed by atoms with Gasteiger partial charge in [-0.3, -0.25) is 4.79 Å². The summed E-state index contributed by atoms with van der Waals surface area (Å²) >= 11 is 0. The fourth-order valence-corrected chi connectivity index (χ4v) is 4.08. The molecule has 0 aliphatic carbocycles. The highest BCUT2D eigenvalue weighted by Crippen LogP contribution is 2.22. The number of hydrogen-bond acceptors (Lipinski definition) is 2. The fourth-order valence-electron chi connectivity index (χ4n) is 4.08. The van der Waals surface area contributed by atoms with E-state index in [0.717, 1.165) is 45.1 Å². The van der Waals surface area contributed by atoms with Crippen molar-refractivity contribution in [2.45, 2.75) is 91.5 Å². The van der Waals surface area contributed by atoms with Crippen molar-refractivity contribution < 1.29 is 4.79 Å². The first-order valence-electron chi connectivity index (χ1n) is 11.5. The predicted octanol–water partition coefficient (Wildman–Crippen LogP) is 7.26. The monoisotopic (exact) mass is 397 g/mol. The van der Waals surface area contributed by atoms with Gasteiger partial charge in [-0.25, -0.2) is 0 Å². The first kappa shape index (κ1) is 25.4. The molecule has 2 atom stereocenters. The average molecular weight is 398 g/mol. The molecule has 0 aromatic carbocycles. The van der Waals surface area contributed by atoms with Crippen molar-refractivity contribution in [1.82, 2.24) is 5.32 Å². The van der Waals surface area contributed by atoms with Crippen LogP contribution < -0.4 is 5.32 Å². The third kappa shape index (κ3) is 11.2. The van der Waals surface area contributed by atoms with Gasteiger partial charge < -0.3 is 5.32 Å². The summed E-state index contributed by atoms with van der Waals surface area (Å²) in [7, 11) is 0. The minimum absolute atomic E-state index is 0.174. The van der Waals surface area contributed by atoms with E-state index >= 15 is 0 Å². The van der Waals surface area contributed by atoms with E-state index < -0.39 is 0 Å². The zero-order valence-electron chi connectivity index (χ0n) is 19.3. The van der Waals surface area contributed by atoms with E-state index in [2.05, 4.69) is 63.0 Å². The highest BCUT2D eigenvalue weighted by molar-refractivity contribution is 5.81. The molecule has 2 heteroatoms. The van der Waals surface area contributed by atoms with Crippen molar-refractivity contribution in [3.05, 3.63) is 59.8 Å². The van der Waals surface area contributed by atoms with Crippen molar-refractivity contribution in [2.75, 3.05) is 6.54 Å². The number of hydrogen-bond donors (Lipinski definition) is 1. The Morgan fingerprint density at radius 3 is 2.55 bits per heavy atom. The van der Waals surface area contributed by atoms with Crippen molar-refractivity contribution >= 4 is 5.78 Å². The maximum atomic E-state index is 12.8. The molecule has 0 bridgehead atoms. The minimum atomic E-state index is 0.174. The van der Waals surface area contributed by atoms with Crippen molar-refractivity contribution in [2.24, 2.45) is 5.92 Å². The summed E-state index contributed by atoms with van der Waals surface area (Å²) in [5, 5.41) is 3.57. The van der Waals surface area contributed by atoms with E-state index in [4.69, 9.17) is 0 Å². The van der Waals surface area contributed by atoms with Gasteiger partial charge in [0.1, 0.15) is 5.78 Å². The standard InChI is InChI=1S/C27H43NO/c1-6-11-24(12-7-2)20-22(4)15-16-23(5)21-25(13-8-3)27(29)18-17-26-14-9-10-19-28-26/h6-7,11-12,15-16,25-26,28H,1,8-10,13-14,17-21H2,2-5H3/b12-7-,22-15+,23-16+,24-11+. The van der Waals surface area contributed by atoms with Crippen LogP contribution in [0.15, 0.2) is 59.8 Å². The van der Waals surface area contributed by atoms with Crippen LogP contribution in [0.25, 0.3) is 0 Å². The fraction of sp³-hybridized carbons (Fsp3) is 0.593. The van der Waals surface area contributed by atoms with Gasteiger partial charge in [0.15, 0.2) is 0 Å². The summed E-state index contributed by atoms with van der Waals surface area (Å²) < 4.78 is 0. The summed E-state index contributed by atoms with van der Waals surface area (Å²) in [5.41, 5.74) is 3.88. The highest BCUT2D eigenvalue weighted by Gasteiger charge is 2.20. The Hall–Kier alpha value is -1.67. The molecule has 162 valence electrons. The van der Waals surface area contributed by atoms with Crippen molar-refractivity contribution in [1.29, 1.82) is 0 Å². The smallest absolute Gasteiger partial charge is 0.136 e. The van der Waals surface area contributed by atoms with Gasteiger partial charge in [0.2, 0.25) is 0 Å². The van der Waals surface area contributed by atoms with Crippen molar-refractivity contribution in [3.63, 3.8) is 0 Å². The predicted molar refractivity (Wildman–Crippen MR) is 128 cm³/mol. The van der Waals surface area contributed by atoms with Gasteiger partial charge in [0.05, 0.1) is 0 Å². The van der Waals surface area contributed by atoms with Crippen LogP contribution in [-0.2, 0) is 4.79 Å². The molecule has 1 heterocycles. The summed E-state index contributed by atoms with van der Waals surface area (Å²) in [6.07, 6.45) is 21.9. The lowest BCUT2D eigenvalue weighted by Crippen LogP contribution is -2.34. The van der Waals surface area contributed by atoms with Crippen molar-refractivity contribution in [3.8, 4) is 0 Å². The zero-order valence-corrected chi connectivity index (χ0v) is 19.3. The van der Waals surface area contributed by atoms with Gasteiger partial charge in [-0.2, -0.15) is 0 Å². The SMILES string of the molecule is C=C/C=C(\C=C/C)C/C(C)=C/C=C(\C)CC(CCC)C(=O)CCC1CCCCN1. The van der Waals surface area contributed by atoms with Gasteiger partial charge >= 0.3 is 0 Å². The van der Waals surface area contributed by atoms with Gasteiger partial charge in [0, 0.05) is 18.4 Å². The van der Waals surface area contributed by atoms with E-state index in [-0.39, 0.29) is 5.92 Å². The van der Waals surface area contributed by atoms with Crippen LogP contribution in [0.1, 0.15) is 85.5 Å². The van der Waals surface area contributed by atoms with E-state index in [1.54, 1.807) is 0 Å². The summed E-state index contributed by atoms with van der Waals surface area (Å²) in [5.74, 6) is 0.629. The molecule has 1 aliphatic heterocycles. The number of Topliss-reactive ketones (excluding diaryl/α,β-unsaturated/α-hetero) is 1. The molecule has 1 fully saturated rings. The van der Waals surface area contributed by atoms with Crippen LogP contribution in [0, 0.1) is 5.92 Å². The summed E-state index contributed by atoms with van der Waals surface area (Å²) in [6, 6.07) is 0.548. The quantitative estimate of drug-likeness (QED) is 0.331. The number of nitrogens with one attached hydrogen (secondary N) is 1. The van der Waals surface area contributed by atoms with Crippen LogP contribution in [0.5, 0.6) is 0 Å². The molecule has 0 aromatic rings. The third-order valence-electron chi connectivity index (χ3n) is 5.66. The lowest BCUT2D eigenvalue weighted by atomic mass is 9.87. The first-order chi connectivity index (χ1) is 14.0. The number of carbonyl (C=O) groups is 1.